The third-order valence-electron chi connectivity index (χ3n) is 2.26. The summed E-state index contributed by atoms with van der Waals surface area (Å²) in [6.45, 7) is 7.52. The smallest absolute Gasteiger partial charge is 0.265 e. The van der Waals surface area contributed by atoms with Crippen molar-refractivity contribution in [3.8, 4) is 0 Å². The molecule has 0 aromatic carbocycles. The number of hydrogen-bond acceptors (Lipinski definition) is 3. The van der Waals surface area contributed by atoms with Crippen molar-refractivity contribution < 1.29 is 0 Å². The molecule has 1 atom stereocenters. The van der Waals surface area contributed by atoms with Gasteiger partial charge in [0.15, 0.2) is 0 Å². The fourth-order valence-electron chi connectivity index (χ4n) is 1.41. The quantitative estimate of drug-likeness (QED) is 0.750. The van der Waals surface area contributed by atoms with Crippen molar-refractivity contribution in [2.75, 3.05) is 6.54 Å². The summed E-state index contributed by atoms with van der Waals surface area (Å²) in [7, 11) is 0. The number of nitrogens with one attached hydrogen (secondary N) is 2. The molecule has 1 aromatic rings. The van der Waals surface area contributed by atoms with Gasteiger partial charge in [-0.15, -0.1) is 0 Å². The highest BCUT2D eigenvalue weighted by atomic mass is 16.1. The molecule has 5 nitrogen and oxygen atoms in total. The van der Waals surface area contributed by atoms with Crippen molar-refractivity contribution in [3.63, 3.8) is 0 Å². The van der Waals surface area contributed by atoms with Crippen LogP contribution in [0.15, 0.2) is 21.7 Å². The Morgan fingerprint density at radius 3 is 2.62 bits per heavy atom. The van der Waals surface area contributed by atoms with Gasteiger partial charge in [0, 0.05) is 24.7 Å². The molecule has 16 heavy (non-hydrogen) atoms. The minimum absolute atomic E-state index is 0.170. The Morgan fingerprint density at radius 1 is 1.31 bits per heavy atom. The molecule has 0 fully saturated rings. The third-order valence-corrected chi connectivity index (χ3v) is 2.26. The number of aromatic nitrogens is 2. The van der Waals surface area contributed by atoms with Crippen LogP contribution < -0.4 is 16.4 Å². The van der Waals surface area contributed by atoms with Gasteiger partial charge in [-0.2, -0.15) is 0 Å². The zero-order chi connectivity index (χ0) is 12.1. The first kappa shape index (κ1) is 12.7. The molecule has 1 rings (SSSR count). The second-order valence-electron chi connectivity index (χ2n) is 4.43. The fourth-order valence-corrected chi connectivity index (χ4v) is 1.41. The highest BCUT2D eigenvalue weighted by Gasteiger charge is 2.05. The predicted octanol–water partition coefficient (Wildman–Crippen LogP) is 0.171. The van der Waals surface area contributed by atoms with E-state index in [1.165, 1.54) is 16.8 Å². The molecule has 0 radical (unpaired) electrons. The summed E-state index contributed by atoms with van der Waals surface area (Å²) in [6.07, 6.45) is 0. The van der Waals surface area contributed by atoms with E-state index in [0.29, 0.717) is 12.6 Å². The molecular formula is C11H19N3O2. The Kier molecular flexibility index (Phi) is 4.49. The van der Waals surface area contributed by atoms with Gasteiger partial charge in [0.05, 0.1) is 0 Å². The summed E-state index contributed by atoms with van der Waals surface area (Å²) < 4.78 is 1.36. The third kappa shape index (κ3) is 4.02. The molecule has 90 valence electrons. The number of hydrogen-bond donors (Lipinski definition) is 2. The van der Waals surface area contributed by atoms with Crippen LogP contribution in [0.5, 0.6) is 0 Å². The number of aromatic amines is 1. The molecule has 1 aromatic heterocycles. The first-order valence-corrected chi connectivity index (χ1v) is 5.52. The average Bonchev–Trinajstić information content (AvgIpc) is 2.20. The number of H-pyrrole nitrogens is 1. The summed E-state index contributed by atoms with van der Waals surface area (Å²) in [6, 6.07) is 2.96. The van der Waals surface area contributed by atoms with Crippen molar-refractivity contribution in [2.24, 2.45) is 5.92 Å². The highest BCUT2D eigenvalue weighted by molar-refractivity contribution is 4.86. The van der Waals surface area contributed by atoms with Crippen LogP contribution >= 0.6 is 0 Å². The van der Waals surface area contributed by atoms with E-state index in [4.69, 9.17) is 0 Å². The van der Waals surface area contributed by atoms with Gasteiger partial charge in [-0.3, -0.25) is 14.7 Å². The normalized spacial score (nSPS) is 13.0. The van der Waals surface area contributed by atoms with E-state index in [9.17, 15) is 9.59 Å². The molecule has 1 unspecified atom stereocenters. The minimum Gasteiger partial charge on any atom is -0.314 e. The Bertz CT molecular complexity index is 433. The van der Waals surface area contributed by atoms with Crippen LogP contribution in [0, 0.1) is 5.92 Å². The number of nitrogens with zero attached hydrogens (tertiary/aromatic N) is 1. The Morgan fingerprint density at radius 2 is 2.00 bits per heavy atom. The zero-order valence-corrected chi connectivity index (χ0v) is 9.99. The minimum atomic E-state index is -0.247. The monoisotopic (exact) mass is 225 g/mol. The van der Waals surface area contributed by atoms with Gasteiger partial charge in [-0.05, 0) is 12.5 Å². The Balaban J connectivity index is 2.62. The second kappa shape index (κ2) is 5.65. The van der Waals surface area contributed by atoms with Gasteiger partial charge in [0.2, 0.25) is 0 Å². The van der Waals surface area contributed by atoms with E-state index in [-0.39, 0.29) is 17.0 Å². The lowest BCUT2D eigenvalue weighted by molar-refractivity contribution is 0.394. The van der Waals surface area contributed by atoms with Crippen molar-refractivity contribution in [1.82, 2.24) is 15.1 Å². The van der Waals surface area contributed by atoms with Crippen LogP contribution in [0.2, 0.25) is 0 Å². The van der Waals surface area contributed by atoms with E-state index in [0.717, 1.165) is 6.54 Å². The lowest BCUT2D eigenvalue weighted by Gasteiger charge is -2.15. The summed E-state index contributed by atoms with van der Waals surface area (Å²) in [5.74, 6) is 0.290. The molecule has 2 N–H and O–H groups in total. The van der Waals surface area contributed by atoms with E-state index in [1.54, 1.807) is 0 Å². The van der Waals surface area contributed by atoms with Crippen LogP contribution in [-0.4, -0.2) is 22.4 Å². The molecule has 0 amide bonds. The SMILES string of the molecule is CC(CNC(C)C)Cn1[nH]c(=O)ccc1=O. The second-order valence-corrected chi connectivity index (χ2v) is 4.43. The molecule has 5 heteroatoms. The first-order chi connectivity index (χ1) is 7.49. The van der Waals surface area contributed by atoms with Gasteiger partial charge in [0.25, 0.3) is 11.1 Å². The van der Waals surface area contributed by atoms with Crippen LogP contribution in [0.4, 0.5) is 0 Å². The van der Waals surface area contributed by atoms with Crippen molar-refractivity contribution in [2.45, 2.75) is 33.4 Å². The lowest BCUT2D eigenvalue weighted by atomic mass is 10.1. The molecule has 0 bridgehead atoms. The van der Waals surface area contributed by atoms with Crippen molar-refractivity contribution >= 4 is 0 Å². The van der Waals surface area contributed by atoms with Gasteiger partial charge in [-0.25, -0.2) is 4.68 Å². The standard InChI is InChI=1S/C11H19N3O2/c1-8(2)12-6-9(3)7-14-11(16)5-4-10(15)13-14/h4-5,8-9,12H,6-7H2,1-3H3,(H,13,15). The maximum absolute atomic E-state index is 11.4. The fraction of sp³-hybridized carbons (Fsp3) is 0.636. The zero-order valence-electron chi connectivity index (χ0n) is 9.99. The van der Waals surface area contributed by atoms with Crippen molar-refractivity contribution in [1.29, 1.82) is 0 Å². The molecule has 0 aliphatic rings. The maximum Gasteiger partial charge on any atom is 0.265 e. The molecule has 0 saturated carbocycles. The summed E-state index contributed by atoms with van der Waals surface area (Å²) in [5, 5.41) is 5.81. The average molecular weight is 225 g/mol. The summed E-state index contributed by atoms with van der Waals surface area (Å²) in [5.41, 5.74) is -0.417. The predicted molar refractivity (Wildman–Crippen MR) is 63.6 cm³/mol. The molecular weight excluding hydrogens is 206 g/mol. The largest absolute Gasteiger partial charge is 0.314 e. The van der Waals surface area contributed by atoms with Gasteiger partial charge < -0.3 is 5.32 Å². The van der Waals surface area contributed by atoms with Crippen molar-refractivity contribution in [3.05, 3.63) is 32.8 Å². The number of rotatable bonds is 5. The topological polar surface area (TPSA) is 66.9 Å². The molecule has 1 heterocycles. The van der Waals surface area contributed by atoms with Gasteiger partial charge in [0.1, 0.15) is 0 Å². The Labute approximate surface area is 94.5 Å². The molecule has 0 aliphatic heterocycles. The van der Waals surface area contributed by atoms with Crippen LogP contribution in [-0.2, 0) is 6.54 Å². The molecule has 0 aliphatic carbocycles. The highest BCUT2D eigenvalue weighted by Crippen LogP contribution is 1.95. The van der Waals surface area contributed by atoms with Crippen LogP contribution in [0.1, 0.15) is 20.8 Å². The van der Waals surface area contributed by atoms with Crippen LogP contribution in [0.3, 0.4) is 0 Å². The lowest BCUT2D eigenvalue weighted by Crippen LogP contribution is -2.34. The van der Waals surface area contributed by atoms with Gasteiger partial charge in [-0.1, -0.05) is 20.8 Å². The summed E-state index contributed by atoms with van der Waals surface area (Å²) in [4.78, 5) is 22.5. The summed E-state index contributed by atoms with van der Waals surface area (Å²) >= 11 is 0. The van der Waals surface area contributed by atoms with Crippen LogP contribution in [0.25, 0.3) is 0 Å². The molecule has 0 saturated heterocycles. The van der Waals surface area contributed by atoms with E-state index >= 15 is 0 Å². The van der Waals surface area contributed by atoms with E-state index in [2.05, 4.69) is 24.3 Å². The molecule has 0 spiro atoms. The van der Waals surface area contributed by atoms with Gasteiger partial charge >= 0.3 is 0 Å². The van der Waals surface area contributed by atoms with E-state index in [1.807, 2.05) is 6.92 Å². The Hall–Kier alpha value is -1.36. The maximum atomic E-state index is 11.4. The van der Waals surface area contributed by atoms with E-state index < -0.39 is 0 Å². The first-order valence-electron chi connectivity index (χ1n) is 5.52.